The number of hydrogen-bond donors (Lipinski definition) is 1. The summed E-state index contributed by atoms with van der Waals surface area (Å²) in [6.07, 6.45) is 5.67. The van der Waals surface area contributed by atoms with Crippen molar-refractivity contribution in [1.82, 2.24) is 5.32 Å². The molecule has 0 fully saturated rings. The van der Waals surface area contributed by atoms with Crippen LogP contribution in [0.4, 0.5) is 4.79 Å². The highest BCUT2D eigenvalue weighted by Crippen LogP contribution is 2.38. The Bertz CT molecular complexity index is 797. The van der Waals surface area contributed by atoms with E-state index in [9.17, 15) is 10.1 Å². The Balaban J connectivity index is 2.11. The Hall–Kier alpha value is -2.38. The van der Waals surface area contributed by atoms with E-state index in [1.54, 1.807) is 0 Å². The van der Waals surface area contributed by atoms with Gasteiger partial charge < -0.3 is 5.32 Å². The Labute approximate surface area is 133 Å². The first kappa shape index (κ1) is 14.6. The summed E-state index contributed by atoms with van der Waals surface area (Å²) in [4.78, 5) is 15.2. The van der Waals surface area contributed by atoms with Gasteiger partial charge in [0.25, 0.3) is 0 Å². The summed E-state index contributed by atoms with van der Waals surface area (Å²) in [7, 11) is 0. The number of urea groups is 1. The fraction of sp³-hybridized carbons (Fsp3) is 0.235. The van der Waals surface area contributed by atoms with Crippen molar-refractivity contribution < 1.29 is 4.79 Å². The number of halogens is 1. The zero-order valence-corrected chi connectivity index (χ0v) is 13.0. The highest BCUT2D eigenvalue weighted by molar-refractivity contribution is 6.31. The van der Waals surface area contributed by atoms with Crippen LogP contribution in [-0.2, 0) is 5.41 Å². The molecule has 1 atom stereocenters. The van der Waals surface area contributed by atoms with E-state index in [0.29, 0.717) is 16.4 Å². The summed E-state index contributed by atoms with van der Waals surface area (Å²) in [5.41, 5.74) is 2.45. The van der Waals surface area contributed by atoms with E-state index in [0.717, 1.165) is 11.1 Å². The minimum absolute atomic E-state index is 0.108. The van der Waals surface area contributed by atoms with Crippen molar-refractivity contribution in [2.24, 2.45) is 4.99 Å². The lowest BCUT2D eigenvalue weighted by Crippen LogP contribution is -2.20. The van der Waals surface area contributed by atoms with Gasteiger partial charge in [-0.1, -0.05) is 29.8 Å². The molecular formula is C17H14ClN3O. The zero-order valence-electron chi connectivity index (χ0n) is 12.2. The van der Waals surface area contributed by atoms with Crippen LogP contribution in [0.1, 0.15) is 30.9 Å². The molecule has 110 valence electrons. The molecule has 0 spiro atoms. The fourth-order valence-electron chi connectivity index (χ4n) is 2.72. The van der Waals surface area contributed by atoms with Crippen LogP contribution in [0.3, 0.4) is 0 Å². The van der Waals surface area contributed by atoms with E-state index < -0.39 is 5.41 Å². The maximum atomic E-state index is 11.3. The van der Waals surface area contributed by atoms with Gasteiger partial charge in [-0.3, -0.25) is 0 Å². The van der Waals surface area contributed by atoms with E-state index in [4.69, 9.17) is 11.6 Å². The van der Waals surface area contributed by atoms with Gasteiger partial charge in [-0.15, -0.1) is 0 Å². The van der Waals surface area contributed by atoms with E-state index in [2.05, 4.69) is 16.4 Å². The number of aliphatic imine (C=N–C) groups is 1. The molecule has 1 unspecified atom stereocenters. The van der Waals surface area contributed by atoms with E-state index in [1.807, 2.05) is 50.3 Å². The largest absolute Gasteiger partial charge is 0.346 e. The Morgan fingerprint density at radius 3 is 2.91 bits per heavy atom. The predicted molar refractivity (Wildman–Crippen MR) is 86.0 cm³/mol. The summed E-state index contributed by atoms with van der Waals surface area (Å²) >= 11 is 6.41. The molecule has 5 heteroatoms. The molecule has 22 heavy (non-hydrogen) atoms. The lowest BCUT2D eigenvalue weighted by Gasteiger charge is -2.25. The molecule has 1 aromatic rings. The van der Waals surface area contributed by atoms with Crippen molar-refractivity contribution >= 4 is 23.3 Å². The SMILES string of the molecule is CC(C)(C#N)c1cccc(Cl)c1C1C=CC2=NC(=O)NC2=C1. The molecule has 0 bridgehead atoms. The van der Waals surface area contributed by atoms with Crippen LogP contribution in [0, 0.1) is 11.3 Å². The van der Waals surface area contributed by atoms with Gasteiger partial charge in [0.2, 0.25) is 0 Å². The van der Waals surface area contributed by atoms with Gasteiger partial charge in [0.05, 0.1) is 22.9 Å². The molecule has 0 saturated heterocycles. The summed E-state index contributed by atoms with van der Waals surface area (Å²) in [6.45, 7) is 3.73. The number of nitrogens with zero attached hydrogens (tertiary/aromatic N) is 2. The topological polar surface area (TPSA) is 65.2 Å². The number of rotatable bonds is 2. The highest BCUT2D eigenvalue weighted by atomic mass is 35.5. The van der Waals surface area contributed by atoms with Crippen molar-refractivity contribution in [2.45, 2.75) is 25.2 Å². The number of benzene rings is 1. The van der Waals surface area contributed by atoms with Crippen LogP contribution in [0.5, 0.6) is 0 Å². The van der Waals surface area contributed by atoms with Gasteiger partial charge >= 0.3 is 6.03 Å². The lowest BCUT2D eigenvalue weighted by molar-refractivity contribution is 0.253. The number of carbonyl (C=O) groups is 1. The van der Waals surface area contributed by atoms with Crippen LogP contribution < -0.4 is 5.32 Å². The number of allylic oxidation sites excluding steroid dienone is 3. The number of carbonyl (C=O) groups excluding carboxylic acids is 1. The lowest BCUT2D eigenvalue weighted by atomic mass is 9.78. The molecule has 0 saturated carbocycles. The standard InChI is InChI=1S/C17H14ClN3O/c1-17(2,9-19)11-4-3-5-12(18)15(11)10-6-7-13-14(8-10)21-16(22)20-13/h3-8,10H,1-2H3,(H,21,22). The number of nitrogens with one attached hydrogen (secondary N) is 1. The maximum absolute atomic E-state index is 11.3. The Kier molecular flexibility index (Phi) is 3.38. The minimum Gasteiger partial charge on any atom is -0.304 e. The minimum atomic E-state index is -0.653. The molecule has 1 aliphatic carbocycles. The average Bonchev–Trinajstić information content (AvgIpc) is 2.86. The third-order valence-electron chi connectivity index (χ3n) is 3.89. The van der Waals surface area contributed by atoms with Crippen LogP contribution in [0.15, 0.2) is 47.1 Å². The number of hydrogen-bond acceptors (Lipinski definition) is 2. The first-order valence-electron chi connectivity index (χ1n) is 6.92. The molecule has 1 heterocycles. The average molecular weight is 312 g/mol. The molecule has 0 aromatic heterocycles. The van der Waals surface area contributed by atoms with Crippen LogP contribution in [-0.4, -0.2) is 11.7 Å². The van der Waals surface area contributed by atoms with Gasteiger partial charge in [-0.2, -0.15) is 10.3 Å². The molecule has 1 N–H and O–H groups in total. The molecule has 1 aliphatic heterocycles. The molecule has 0 radical (unpaired) electrons. The molecule has 3 rings (SSSR count). The third-order valence-corrected chi connectivity index (χ3v) is 4.22. The van der Waals surface area contributed by atoms with E-state index in [1.165, 1.54) is 0 Å². The normalized spacial score (nSPS) is 19.9. The Morgan fingerprint density at radius 2 is 2.18 bits per heavy atom. The van der Waals surface area contributed by atoms with Crippen LogP contribution in [0.2, 0.25) is 5.02 Å². The summed E-state index contributed by atoms with van der Waals surface area (Å²) < 4.78 is 0. The van der Waals surface area contributed by atoms with Gasteiger partial charge in [-0.25, -0.2) is 4.79 Å². The molecule has 4 nitrogen and oxygen atoms in total. The zero-order chi connectivity index (χ0) is 15.9. The number of amides is 2. The third kappa shape index (κ3) is 2.34. The summed E-state index contributed by atoms with van der Waals surface area (Å²) in [5, 5.41) is 12.8. The van der Waals surface area contributed by atoms with E-state index >= 15 is 0 Å². The van der Waals surface area contributed by atoms with Crippen molar-refractivity contribution in [2.75, 3.05) is 0 Å². The predicted octanol–water partition coefficient (Wildman–Crippen LogP) is 3.84. The van der Waals surface area contributed by atoms with Gasteiger partial charge in [-0.05, 0) is 43.2 Å². The van der Waals surface area contributed by atoms with Gasteiger partial charge in [0, 0.05) is 10.9 Å². The quantitative estimate of drug-likeness (QED) is 0.901. The molecular weight excluding hydrogens is 298 g/mol. The van der Waals surface area contributed by atoms with Crippen molar-refractivity contribution in [1.29, 1.82) is 5.26 Å². The summed E-state index contributed by atoms with van der Waals surface area (Å²) in [5.74, 6) is -0.108. The van der Waals surface area contributed by atoms with Crippen LogP contribution in [0.25, 0.3) is 0 Å². The second-order valence-electron chi connectivity index (χ2n) is 5.83. The second-order valence-corrected chi connectivity index (χ2v) is 6.24. The second kappa shape index (κ2) is 5.11. The summed E-state index contributed by atoms with van der Waals surface area (Å²) in [6, 6.07) is 7.55. The maximum Gasteiger partial charge on any atom is 0.346 e. The van der Waals surface area contributed by atoms with Crippen molar-refractivity contribution in [3.05, 3.63) is 58.3 Å². The first-order valence-corrected chi connectivity index (χ1v) is 7.30. The highest BCUT2D eigenvalue weighted by Gasteiger charge is 2.29. The molecule has 2 aliphatic rings. The number of fused-ring (bicyclic) bond motifs is 1. The van der Waals surface area contributed by atoms with Crippen molar-refractivity contribution in [3.8, 4) is 6.07 Å². The van der Waals surface area contributed by atoms with Crippen molar-refractivity contribution in [3.63, 3.8) is 0 Å². The molecule has 1 aromatic carbocycles. The fourth-order valence-corrected chi connectivity index (χ4v) is 3.02. The molecule has 2 amide bonds. The van der Waals surface area contributed by atoms with Gasteiger partial charge in [0.1, 0.15) is 0 Å². The first-order chi connectivity index (χ1) is 10.4. The number of nitriles is 1. The van der Waals surface area contributed by atoms with Gasteiger partial charge in [0.15, 0.2) is 0 Å². The van der Waals surface area contributed by atoms with E-state index in [-0.39, 0.29) is 11.9 Å². The van der Waals surface area contributed by atoms with Crippen LogP contribution >= 0.6 is 11.6 Å². The Morgan fingerprint density at radius 1 is 1.41 bits per heavy atom. The monoisotopic (exact) mass is 311 g/mol. The smallest absolute Gasteiger partial charge is 0.304 e.